The van der Waals surface area contributed by atoms with Gasteiger partial charge in [-0.15, -0.1) is 0 Å². The van der Waals surface area contributed by atoms with Crippen LogP contribution in [0.25, 0.3) is 5.57 Å². The molecule has 0 bridgehead atoms. The van der Waals surface area contributed by atoms with Crippen LogP contribution in [0, 0.1) is 0 Å². The molecule has 0 aromatic heterocycles. The number of aromatic carboxylic acids is 1. The average molecular weight is 200 g/mol. The normalized spacial score (nSPS) is 20.5. The second kappa shape index (κ2) is 2.73. The first-order valence-electron chi connectivity index (χ1n) is 4.69. The summed E-state index contributed by atoms with van der Waals surface area (Å²) in [5.41, 5.74) is 2.18. The van der Waals surface area contributed by atoms with Crippen molar-refractivity contribution in [2.45, 2.75) is 6.10 Å². The Hall–Kier alpha value is -2.03. The highest BCUT2D eigenvalue weighted by Crippen LogP contribution is 2.42. The zero-order chi connectivity index (χ0) is 10.4. The van der Waals surface area contributed by atoms with E-state index in [1.807, 2.05) is 24.3 Å². The van der Waals surface area contributed by atoms with Gasteiger partial charge >= 0.3 is 5.97 Å². The van der Waals surface area contributed by atoms with Crippen molar-refractivity contribution in [2.24, 2.45) is 0 Å². The lowest BCUT2D eigenvalue weighted by molar-refractivity contribution is 0.0692. The molecule has 1 aromatic rings. The minimum atomic E-state index is -0.948. The largest absolute Gasteiger partial charge is 0.480 e. The lowest BCUT2D eigenvalue weighted by atomic mass is 10.0. The second-order valence-electron chi connectivity index (χ2n) is 3.53. The van der Waals surface area contributed by atoms with Gasteiger partial charge in [0.1, 0.15) is 17.4 Å². The van der Waals surface area contributed by atoms with Crippen LogP contribution in [0.1, 0.15) is 15.9 Å². The minimum Gasteiger partial charge on any atom is -0.480 e. The van der Waals surface area contributed by atoms with Crippen molar-refractivity contribution in [1.82, 2.24) is 0 Å². The monoisotopic (exact) mass is 200 g/mol. The number of benzene rings is 1. The van der Waals surface area contributed by atoms with E-state index < -0.39 is 5.97 Å². The van der Waals surface area contributed by atoms with Crippen molar-refractivity contribution in [3.05, 3.63) is 47.6 Å². The zero-order valence-electron chi connectivity index (χ0n) is 7.81. The standard InChI is InChI=1S/C12H8O3/c13-12(14)9-5-1-4-8-7-3-2-6-10(7)15-11(8)9/h1-6,10H,(H,13,14). The van der Waals surface area contributed by atoms with Crippen LogP contribution in [0.4, 0.5) is 0 Å². The lowest BCUT2D eigenvalue weighted by Crippen LogP contribution is -2.06. The van der Waals surface area contributed by atoms with Gasteiger partial charge in [0.25, 0.3) is 0 Å². The van der Waals surface area contributed by atoms with Crippen LogP contribution in [0.15, 0.2) is 36.4 Å². The summed E-state index contributed by atoms with van der Waals surface area (Å²) in [6.07, 6.45) is 5.71. The molecule has 74 valence electrons. The van der Waals surface area contributed by atoms with Crippen LogP contribution in [0.2, 0.25) is 0 Å². The molecule has 1 atom stereocenters. The van der Waals surface area contributed by atoms with Crippen LogP contribution in [0.3, 0.4) is 0 Å². The Morgan fingerprint density at radius 2 is 2.27 bits per heavy atom. The maximum Gasteiger partial charge on any atom is 0.339 e. The van der Waals surface area contributed by atoms with Crippen LogP contribution in [-0.2, 0) is 0 Å². The molecule has 3 rings (SSSR count). The van der Waals surface area contributed by atoms with Gasteiger partial charge in [-0.1, -0.05) is 24.3 Å². The number of allylic oxidation sites excluding steroid dienone is 2. The summed E-state index contributed by atoms with van der Waals surface area (Å²) in [5, 5.41) is 8.99. The number of ether oxygens (including phenoxy) is 1. The van der Waals surface area contributed by atoms with E-state index in [2.05, 4.69) is 0 Å². The minimum absolute atomic E-state index is 0.0968. The number of rotatable bonds is 1. The van der Waals surface area contributed by atoms with E-state index in [1.165, 1.54) is 0 Å². The molecule has 0 spiro atoms. The first kappa shape index (κ1) is 8.29. The van der Waals surface area contributed by atoms with Gasteiger partial charge in [-0.05, 0) is 12.1 Å². The Labute approximate surface area is 86.3 Å². The van der Waals surface area contributed by atoms with Crippen LogP contribution < -0.4 is 4.74 Å². The topological polar surface area (TPSA) is 46.5 Å². The molecule has 0 saturated carbocycles. The molecule has 15 heavy (non-hydrogen) atoms. The van der Waals surface area contributed by atoms with Crippen molar-refractivity contribution in [3.63, 3.8) is 0 Å². The summed E-state index contributed by atoms with van der Waals surface area (Å²) in [6.45, 7) is 0. The number of carbonyl (C=O) groups is 1. The third kappa shape index (κ3) is 1.03. The summed E-state index contributed by atoms with van der Waals surface area (Å²) < 4.78 is 5.59. The molecule has 1 aliphatic heterocycles. The Morgan fingerprint density at radius 1 is 1.40 bits per heavy atom. The summed E-state index contributed by atoms with van der Waals surface area (Å²) in [7, 11) is 0. The SMILES string of the molecule is O=C(O)c1cccc2c1OC1C=CC=C21. The molecule has 1 aliphatic carbocycles. The molecule has 2 aliphatic rings. The fraction of sp³-hybridized carbons (Fsp3) is 0.0833. The first-order valence-corrected chi connectivity index (χ1v) is 4.69. The van der Waals surface area contributed by atoms with E-state index in [4.69, 9.17) is 9.84 Å². The van der Waals surface area contributed by atoms with E-state index >= 15 is 0 Å². The highest BCUT2D eigenvalue weighted by molar-refractivity contribution is 5.95. The molecule has 1 N–H and O–H groups in total. The number of hydrogen-bond donors (Lipinski definition) is 1. The van der Waals surface area contributed by atoms with Crippen LogP contribution in [-0.4, -0.2) is 17.2 Å². The maximum absolute atomic E-state index is 11.0. The van der Waals surface area contributed by atoms with Gasteiger partial charge in [-0.3, -0.25) is 0 Å². The number of carboxylic acid groups (broad SMARTS) is 1. The maximum atomic E-state index is 11.0. The molecule has 1 unspecified atom stereocenters. The highest BCUT2D eigenvalue weighted by atomic mass is 16.5. The summed E-state index contributed by atoms with van der Waals surface area (Å²) >= 11 is 0. The molecule has 0 amide bonds. The van der Waals surface area contributed by atoms with Gasteiger partial charge in [0.15, 0.2) is 0 Å². The van der Waals surface area contributed by atoms with Crippen molar-refractivity contribution in [3.8, 4) is 5.75 Å². The molecule has 0 radical (unpaired) electrons. The van der Waals surface area contributed by atoms with E-state index in [9.17, 15) is 4.79 Å². The Kier molecular flexibility index (Phi) is 1.51. The van der Waals surface area contributed by atoms with Crippen LogP contribution in [0.5, 0.6) is 5.75 Å². The Balaban J connectivity index is 2.21. The van der Waals surface area contributed by atoms with Gasteiger partial charge in [-0.25, -0.2) is 4.79 Å². The summed E-state index contributed by atoms with van der Waals surface area (Å²) in [5.74, 6) is -0.456. The van der Waals surface area contributed by atoms with E-state index in [0.29, 0.717) is 5.75 Å². The van der Waals surface area contributed by atoms with Crippen LogP contribution >= 0.6 is 0 Å². The molecular weight excluding hydrogens is 192 g/mol. The van der Waals surface area contributed by atoms with Gasteiger partial charge < -0.3 is 9.84 Å². The third-order valence-corrected chi connectivity index (χ3v) is 2.67. The summed E-state index contributed by atoms with van der Waals surface area (Å²) in [4.78, 5) is 11.0. The quantitative estimate of drug-likeness (QED) is 0.755. The predicted octanol–water partition coefficient (Wildman–Crippen LogP) is 2.10. The highest BCUT2D eigenvalue weighted by Gasteiger charge is 2.31. The van der Waals surface area contributed by atoms with Gasteiger partial charge in [-0.2, -0.15) is 0 Å². The van der Waals surface area contributed by atoms with Crippen molar-refractivity contribution in [2.75, 3.05) is 0 Å². The molecule has 1 aromatic carbocycles. The smallest absolute Gasteiger partial charge is 0.339 e. The number of fused-ring (bicyclic) bond motifs is 3. The summed E-state index contributed by atoms with van der Waals surface area (Å²) in [6, 6.07) is 5.19. The predicted molar refractivity (Wildman–Crippen MR) is 54.9 cm³/mol. The Bertz CT molecular complexity index is 512. The molecule has 1 heterocycles. The molecular formula is C12H8O3. The van der Waals surface area contributed by atoms with Gasteiger partial charge in [0.2, 0.25) is 0 Å². The first-order chi connectivity index (χ1) is 7.27. The second-order valence-corrected chi connectivity index (χ2v) is 3.53. The molecule has 0 fully saturated rings. The molecule has 0 saturated heterocycles. The fourth-order valence-electron chi connectivity index (χ4n) is 1.99. The fourth-order valence-corrected chi connectivity index (χ4v) is 1.99. The van der Waals surface area contributed by atoms with Crippen molar-refractivity contribution in [1.29, 1.82) is 0 Å². The Morgan fingerprint density at radius 3 is 3.07 bits per heavy atom. The molecule has 3 nitrogen and oxygen atoms in total. The zero-order valence-corrected chi connectivity index (χ0v) is 7.81. The number of hydrogen-bond acceptors (Lipinski definition) is 2. The van der Waals surface area contributed by atoms with Crippen molar-refractivity contribution < 1.29 is 14.6 Å². The van der Waals surface area contributed by atoms with Gasteiger partial charge in [0.05, 0.1) is 0 Å². The van der Waals surface area contributed by atoms with Gasteiger partial charge in [0, 0.05) is 11.1 Å². The van der Waals surface area contributed by atoms with E-state index in [1.54, 1.807) is 12.1 Å². The average Bonchev–Trinajstić information content (AvgIpc) is 2.75. The number of carboxylic acids is 1. The molecule has 3 heteroatoms. The lowest BCUT2D eigenvalue weighted by Gasteiger charge is -2.05. The third-order valence-electron chi connectivity index (χ3n) is 2.67. The van der Waals surface area contributed by atoms with E-state index in [-0.39, 0.29) is 11.7 Å². The van der Waals surface area contributed by atoms with Crippen molar-refractivity contribution >= 4 is 11.5 Å². The number of para-hydroxylation sites is 1. The van der Waals surface area contributed by atoms with E-state index in [0.717, 1.165) is 11.1 Å².